The molecule has 4 aliphatic heterocycles. The molecule has 3 atom stereocenters. The highest BCUT2D eigenvalue weighted by atomic mass is 19.3. The lowest BCUT2D eigenvalue weighted by Crippen LogP contribution is -2.52. The van der Waals surface area contributed by atoms with Crippen LogP contribution >= 0.6 is 0 Å². The largest absolute Gasteiger partial charge is 0.490 e. The Hall–Kier alpha value is -6.38. The molecule has 1 aromatic heterocycles. The van der Waals surface area contributed by atoms with Gasteiger partial charge in [0, 0.05) is 93.2 Å². The number of urea groups is 1. The van der Waals surface area contributed by atoms with E-state index in [1.54, 1.807) is 7.05 Å². The first kappa shape index (κ1) is 54.0. The molecule has 412 valence electrons. The van der Waals surface area contributed by atoms with Crippen molar-refractivity contribution in [1.82, 2.24) is 30.2 Å². The van der Waals surface area contributed by atoms with E-state index in [1.165, 1.54) is 34.7 Å². The number of rotatable bonds is 15. The molecule has 1 saturated carbocycles. The predicted molar refractivity (Wildman–Crippen MR) is 277 cm³/mol. The summed E-state index contributed by atoms with van der Waals surface area (Å²) in [5, 5.41) is 20.6. The molecular formula is C57H66F6N8O6. The number of carbonyl (C=O) groups is 3. The number of aryl methyl sites for hydroxylation is 1. The minimum atomic E-state index is -2.68. The Bertz CT molecular complexity index is 3030. The molecule has 20 heteroatoms. The number of hydrogen-bond donors (Lipinski definition) is 4. The first-order valence-electron chi connectivity index (χ1n) is 26.9. The summed E-state index contributed by atoms with van der Waals surface area (Å²) in [4.78, 5) is 45.1. The molecule has 0 radical (unpaired) electrons. The van der Waals surface area contributed by atoms with Crippen LogP contribution in [0.2, 0.25) is 0 Å². The molecule has 4 aromatic carbocycles. The van der Waals surface area contributed by atoms with E-state index >= 15 is 17.6 Å². The Balaban J connectivity index is 0.741. The number of anilines is 1. The third-order valence-corrected chi connectivity index (χ3v) is 17.1. The maximum Gasteiger partial charge on any atom is 0.325 e. The van der Waals surface area contributed by atoms with Crippen LogP contribution in [0.1, 0.15) is 116 Å². The lowest BCUT2D eigenvalue weighted by Gasteiger charge is -2.40. The Labute approximate surface area is 443 Å². The first-order chi connectivity index (χ1) is 36.9. The fourth-order valence-corrected chi connectivity index (χ4v) is 12.8. The van der Waals surface area contributed by atoms with E-state index in [2.05, 4.69) is 20.6 Å². The average Bonchev–Trinajstić information content (AvgIpc) is 4.03. The van der Waals surface area contributed by atoms with Crippen molar-refractivity contribution < 1.29 is 55.3 Å². The molecule has 0 bridgehead atoms. The number of nitrogens with two attached hydrogens (primary N) is 1. The molecule has 5 aliphatic rings. The van der Waals surface area contributed by atoms with Gasteiger partial charge in [0.25, 0.3) is 0 Å². The van der Waals surface area contributed by atoms with Crippen LogP contribution in [0.15, 0.2) is 54.6 Å². The summed E-state index contributed by atoms with van der Waals surface area (Å²) in [5.74, 6) is -4.53. The van der Waals surface area contributed by atoms with Crippen molar-refractivity contribution in [2.45, 2.75) is 114 Å². The topological polar surface area (TPSA) is 168 Å². The van der Waals surface area contributed by atoms with Gasteiger partial charge in [-0.3, -0.25) is 19.2 Å². The number of carbonyl (C=O) groups excluding carboxylic acids is 3. The number of alkyl halides is 2. The smallest absolute Gasteiger partial charge is 0.325 e. The highest BCUT2D eigenvalue weighted by Crippen LogP contribution is 2.56. The second-order valence-electron chi connectivity index (χ2n) is 21.7. The molecule has 5 aromatic rings. The number of benzene rings is 4. The summed E-state index contributed by atoms with van der Waals surface area (Å²) >= 11 is 0. The zero-order valence-corrected chi connectivity index (χ0v) is 43.5. The first-order valence-corrected chi connectivity index (χ1v) is 26.9. The van der Waals surface area contributed by atoms with E-state index in [4.69, 9.17) is 15.2 Å². The Morgan fingerprint density at radius 2 is 1.61 bits per heavy atom. The van der Waals surface area contributed by atoms with Crippen LogP contribution in [0.4, 0.5) is 37.0 Å². The predicted octanol–water partition coefficient (Wildman–Crippen LogP) is 9.13. The van der Waals surface area contributed by atoms with Gasteiger partial charge in [0.2, 0.25) is 18.2 Å². The van der Waals surface area contributed by atoms with Crippen LogP contribution in [-0.2, 0) is 17.4 Å². The fourth-order valence-electron chi connectivity index (χ4n) is 12.8. The second kappa shape index (κ2) is 22.2. The number of primary amides is 1. The number of amides is 4. The molecule has 3 saturated heterocycles. The van der Waals surface area contributed by atoms with Gasteiger partial charge in [-0.2, -0.15) is 5.10 Å². The lowest BCUT2D eigenvalue weighted by atomic mass is 9.76. The standard InChI is InChI=1S/C57H66F6N8O6/c1-31-40(58)28-43-47(46(31)49-38(53(64)73)13-14-42(50(49)62)76-26-20-44(60)61)32(2)57(77-43,36-7-5-4-6-8-36)30-65-37-11-9-35(10-12-37)55(74)70-23-15-33(16-24-70)29-69-21-17-34(18-22-69)48-41(59)27-39-52(51(48)63)68(3)67-54(39)71-25-19-45(72)66-56(71)75/h4-8,13-14,27-28,32-35,37,44-45,65,72H,9-12,15-26,29-30H2,1-3H3,(H2,64,73)(H,66,75)/t32-,35?,37?,45?,57-/m0/s1. The van der Waals surface area contributed by atoms with E-state index < -0.39 is 72.4 Å². The summed E-state index contributed by atoms with van der Waals surface area (Å²) in [7, 11) is 1.57. The summed E-state index contributed by atoms with van der Waals surface area (Å²) in [6, 6.07) is 13.9. The SMILES string of the molecule is Cc1c(F)cc2c(c1-c1c(C(N)=O)ccc(OCCC(F)F)c1F)[C@H](C)[C@@](CNC1CCC(C(=O)N3CCC(CN4CCC(c5c(F)cc6c(N7CCC(O)NC7=O)nn(C)c6c5F)CC4)CC3)CC1)(c1ccccc1)O2. The number of fused-ring (bicyclic) bond motifs is 2. The average molecular weight is 1070 g/mol. The normalized spacial score (nSPS) is 23.6. The number of hydrogen-bond acceptors (Lipinski definition) is 9. The molecule has 77 heavy (non-hydrogen) atoms. The molecule has 5 N–H and O–H groups in total. The zero-order valence-electron chi connectivity index (χ0n) is 43.5. The minimum absolute atomic E-state index is 0.0255. The van der Waals surface area contributed by atoms with Crippen LogP contribution in [-0.4, -0.2) is 114 Å². The van der Waals surface area contributed by atoms with Crippen LogP contribution in [0, 0.1) is 42.0 Å². The summed E-state index contributed by atoms with van der Waals surface area (Å²) < 4.78 is 104. The van der Waals surface area contributed by atoms with Crippen molar-refractivity contribution in [2.24, 2.45) is 24.6 Å². The van der Waals surface area contributed by atoms with E-state index in [9.17, 15) is 28.3 Å². The van der Waals surface area contributed by atoms with Crippen molar-refractivity contribution >= 4 is 34.6 Å². The molecule has 4 amide bonds. The van der Waals surface area contributed by atoms with Gasteiger partial charge in [0.1, 0.15) is 29.1 Å². The number of piperidine rings is 2. The maximum atomic E-state index is 16.6. The van der Waals surface area contributed by atoms with Crippen molar-refractivity contribution in [3.05, 3.63) is 106 Å². The molecule has 10 rings (SSSR count). The fraction of sp³-hybridized carbons (Fsp3) is 0.509. The number of aliphatic hydroxyl groups is 1. The summed E-state index contributed by atoms with van der Waals surface area (Å²) in [6.45, 7) is 6.88. The quantitative estimate of drug-likeness (QED) is 0.0748. The number of likely N-dealkylation sites (tertiary alicyclic amines) is 2. The van der Waals surface area contributed by atoms with Gasteiger partial charge < -0.3 is 40.7 Å². The van der Waals surface area contributed by atoms with Crippen LogP contribution in [0.25, 0.3) is 22.0 Å². The number of ether oxygens (including phenoxy) is 2. The van der Waals surface area contributed by atoms with Crippen LogP contribution in [0.5, 0.6) is 11.5 Å². The van der Waals surface area contributed by atoms with Crippen LogP contribution < -0.4 is 30.7 Å². The van der Waals surface area contributed by atoms with Crippen molar-refractivity contribution in [3.63, 3.8) is 0 Å². The molecule has 0 spiro atoms. The van der Waals surface area contributed by atoms with E-state index in [0.29, 0.717) is 63.3 Å². The second-order valence-corrected chi connectivity index (χ2v) is 21.7. The molecule has 1 aliphatic carbocycles. The Kier molecular flexibility index (Phi) is 15.5. The minimum Gasteiger partial charge on any atom is -0.490 e. The van der Waals surface area contributed by atoms with Gasteiger partial charge in [0.05, 0.1) is 17.6 Å². The number of aromatic nitrogens is 2. The van der Waals surface area contributed by atoms with Crippen molar-refractivity contribution in [3.8, 4) is 22.6 Å². The lowest BCUT2D eigenvalue weighted by molar-refractivity contribution is -0.138. The number of halogens is 6. The Morgan fingerprint density at radius 1 is 0.896 bits per heavy atom. The highest BCUT2D eigenvalue weighted by molar-refractivity contribution is 6.02. The molecule has 1 unspecified atom stereocenters. The van der Waals surface area contributed by atoms with Gasteiger partial charge in [-0.25, -0.2) is 31.1 Å². The molecule has 4 fully saturated rings. The van der Waals surface area contributed by atoms with E-state index in [1.807, 2.05) is 42.2 Å². The van der Waals surface area contributed by atoms with Crippen molar-refractivity contribution in [1.29, 1.82) is 0 Å². The molecular weight excluding hydrogens is 1010 g/mol. The number of aliphatic hydroxyl groups excluding tert-OH is 1. The number of nitrogens with one attached hydrogen (secondary N) is 2. The Morgan fingerprint density at radius 3 is 2.29 bits per heavy atom. The van der Waals surface area contributed by atoms with E-state index in [0.717, 1.165) is 43.9 Å². The van der Waals surface area contributed by atoms with E-state index in [-0.39, 0.29) is 99.3 Å². The third kappa shape index (κ3) is 10.4. The summed E-state index contributed by atoms with van der Waals surface area (Å²) in [6.07, 6.45) is 1.67. The summed E-state index contributed by atoms with van der Waals surface area (Å²) in [5.41, 5.74) is 5.68. The molecule has 5 heterocycles. The monoisotopic (exact) mass is 1070 g/mol. The van der Waals surface area contributed by atoms with Gasteiger partial charge in [-0.05, 0) is 118 Å². The molecule has 14 nitrogen and oxygen atoms in total. The zero-order chi connectivity index (χ0) is 54.4. The van der Waals surface area contributed by atoms with Gasteiger partial charge in [-0.15, -0.1) is 0 Å². The van der Waals surface area contributed by atoms with Crippen molar-refractivity contribution in [2.75, 3.05) is 57.3 Å². The number of nitrogens with zero attached hydrogens (tertiary/aromatic N) is 5. The third-order valence-electron chi connectivity index (χ3n) is 17.1. The van der Waals surface area contributed by atoms with Gasteiger partial charge in [0.15, 0.2) is 28.8 Å². The highest BCUT2D eigenvalue weighted by Gasteiger charge is 2.50. The van der Waals surface area contributed by atoms with Gasteiger partial charge >= 0.3 is 6.03 Å². The maximum absolute atomic E-state index is 16.6. The van der Waals surface area contributed by atoms with Crippen LogP contribution in [0.3, 0.4) is 0 Å². The van der Waals surface area contributed by atoms with Gasteiger partial charge in [-0.1, -0.05) is 37.3 Å².